The van der Waals surface area contributed by atoms with Crippen molar-refractivity contribution in [3.63, 3.8) is 0 Å². The van der Waals surface area contributed by atoms with Crippen molar-refractivity contribution in [1.29, 1.82) is 0 Å². The molecule has 0 amide bonds. The van der Waals surface area contributed by atoms with Gasteiger partial charge in [-0.05, 0) is 35.0 Å². The Morgan fingerprint density at radius 2 is 2.35 bits per heavy atom. The minimum absolute atomic E-state index is 0.777. The lowest BCUT2D eigenvalue weighted by molar-refractivity contribution is 0.213. The summed E-state index contributed by atoms with van der Waals surface area (Å²) < 4.78 is 0.777. The molecule has 0 aliphatic carbocycles. The SMILES string of the molecule is CON=C(C)c1sc(-c2cccnc2)nc1Br. The first-order valence-corrected chi connectivity index (χ1v) is 6.48. The molecule has 4 nitrogen and oxygen atoms in total. The van der Waals surface area contributed by atoms with Gasteiger partial charge >= 0.3 is 0 Å². The number of rotatable bonds is 3. The molecule has 0 atom stereocenters. The summed E-state index contributed by atoms with van der Waals surface area (Å²) in [6.07, 6.45) is 3.53. The number of pyridine rings is 1. The molecule has 0 aliphatic heterocycles. The maximum absolute atomic E-state index is 4.76. The van der Waals surface area contributed by atoms with Gasteiger partial charge in [0.25, 0.3) is 0 Å². The standard InChI is InChI=1S/C11H10BrN3OS/c1-7(15-16-2)9-10(12)14-11(17-9)8-4-3-5-13-6-8/h3-6H,1-2H3. The fourth-order valence-corrected chi connectivity index (χ4v) is 3.02. The van der Waals surface area contributed by atoms with Crippen LogP contribution in [-0.2, 0) is 4.84 Å². The van der Waals surface area contributed by atoms with Crippen LogP contribution >= 0.6 is 27.3 Å². The van der Waals surface area contributed by atoms with Crippen LogP contribution in [0.25, 0.3) is 10.6 Å². The number of hydrogen-bond donors (Lipinski definition) is 0. The maximum atomic E-state index is 4.76. The molecule has 17 heavy (non-hydrogen) atoms. The van der Waals surface area contributed by atoms with E-state index in [9.17, 15) is 0 Å². The molecule has 2 heterocycles. The first-order valence-electron chi connectivity index (χ1n) is 4.87. The van der Waals surface area contributed by atoms with E-state index in [-0.39, 0.29) is 0 Å². The van der Waals surface area contributed by atoms with Crippen LogP contribution in [0, 0.1) is 0 Å². The van der Waals surface area contributed by atoms with E-state index in [4.69, 9.17) is 4.84 Å². The van der Waals surface area contributed by atoms with Crippen LogP contribution < -0.4 is 0 Å². The van der Waals surface area contributed by atoms with Gasteiger partial charge in [-0.25, -0.2) is 4.98 Å². The molecule has 0 aliphatic rings. The predicted molar refractivity (Wildman–Crippen MR) is 72.3 cm³/mol. The lowest BCUT2D eigenvalue weighted by Gasteiger charge is -1.94. The quantitative estimate of drug-likeness (QED) is 0.645. The number of thiazole rings is 1. The van der Waals surface area contributed by atoms with Crippen molar-refractivity contribution >= 4 is 33.0 Å². The number of hydrogen-bond acceptors (Lipinski definition) is 5. The Labute approximate surface area is 111 Å². The van der Waals surface area contributed by atoms with Gasteiger partial charge < -0.3 is 4.84 Å². The van der Waals surface area contributed by atoms with E-state index >= 15 is 0 Å². The van der Waals surface area contributed by atoms with Crippen LogP contribution in [0.4, 0.5) is 0 Å². The van der Waals surface area contributed by atoms with Gasteiger partial charge in [0.2, 0.25) is 0 Å². The Balaban J connectivity index is 2.41. The van der Waals surface area contributed by atoms with Gasteiger partial charge in [-0.15, -0.1) is 11.3 Å². The highest BCUT2D eigenvalue weighted by atomic mass is 79.9. The van der Waals surface area contributed by atoms with Crippen molar-refractivity contribution in [3.05, 3.63) is 34.0 Å². The van der Waals surface area contributed by atoms with E-state index in [1.807, 2.05) is 19.1 Å². The highest BCUT2D eigenvalue weighted by Crippen LogP contribution is 2.31. The predicted octanol–water partition coefficient (Wildman–Crippen LogP) is 3.34. The van der Waals surface area contributed by atoms with E-state index in [1.54, 1.807) is 23.7 Å². The van der Waals surface area contributed by atoms with E-state index < -0.39 is 0 Å². The Kier molecular flexibility index (Phi) is 3.86. The summed E-state index contributed by atoms with van der Waals surface area (Å²) in [6.45, 7) is 1.88. The van der Waals surface area contributed by atoms with E-state index in [1.165, 1.54) is 7.11 Å². The molecule has 0 aromatic carbocycles. The van der Waals surface area contributed by atoms with Gasteiger partial charge in [0.05, 0.1) is 10.6 Å². The zero-order chi connectivity index (χ0) is 12.3. The highest BCUT2D eigenvalue weighted by molar-refractivity contribution is 9.10. The molecule has 0 fully saturated rings. The van der Waals surface area contributed by atoms with Gasteiger partial charge in [-0.3, -0.25) is 4.98 Å². The average molecular weight is 312 g/mol. The molecule has 0 N–H and O–H groups in total. The first kappa shape index (κ1) is 12.2. The first-order chi connectivity index (χ1) is 8.22. The van der Waals surface area contributed by atoms with Crippen LogP contribution in [0.5, 0.6) is 0 Å². The zero-order valence-electron chi connectivity index (χ0n) is 9.35. The molecule has 2 rings (SSSR count). The van der Waals surface area contributed by atoms with E-state index in [0.717, 1.165) is 25.8 Å². The highest BCUT2D eigenvalue weighted by Gasteiger charge is 2.13. The molecule has 0 radical (unpaired) electrons. The lowest BCUT2D eigenvalue weighted by Crippen LogP contribution is -1.92. The molecule has 2 aromatic rings. The topological polar surface area (TPSA) is 47.4 Å². The van der Waals surface area contributed by atoms with Gasteiger partial charge in [-0.1, -0.05) is 5.16 Å². The van der Waals surface area contributed by atoms with Crippen molar-refractivity contribution in [3.8, 4) is 10.6 Å². The Bertz CT molecular complexity index is 539. The lowest BCUT2D eigenvalue weighted by atomic mass is 10.3. The van der Waals surface area contributed by atoms with Gasteiger partial charge in [0.15, 0.2) is 0 Å². The summed E-state index contributed by atoms with van der Waals surface area (Å²) in [4.78, 5) is 14.2. The van der Waals surface area contributed by atoms with Gasteiger partial charge in [0, 0.05) is 18.0 Å². The number of oxime groups is 1. The Hall–Kier alpha value is -1.27. The van der Waals surface area contributed by atoms with Crippen molar-refractivity contribution in [1.82, 2.24) is 9.97 Å². The number of aromatic nitrogens is 2. The maximum Gasteiger partial charge on any atom is 0.127 e. The van der Waals surface area contributed by atoms with Crippen molar-refractivity contribution < 1.29 is 4.84 Å². The van der Waals surface area contributed by atoms with Gasteiger partial charge in [-0.2, -0.15) is 0 Å². The van der Waals surface area contributed by atoms with E-state index in [0.29, 0.717) is 0 Å². The summed E-state index contributed by atoms with van der Waals surface area (Å²) in [6, 6.07) is 3.87. The number of halogens is 1. The van der Waals surface area contributed by atoms with Gasteiger partial charge in [0.1, 0.15) is 16.7 Å². The molecular weight excluding hydrogens is 302 g/mol. The minimum Gasteiger partial charge on any atom is -0.399 e. The van der Waals surface area contributed by atoms with Crippen LogP contribution in [0.15, 0.2) is 34.3 Å². The molecule has 0 unspecified atom stereocenters. The third-order valence-electron chi connectivity index (χ3n) is 2.05. The smallest absolute Gasteiger partial charge is 0.127 e. The molecule has 2 aromatic heterocycles. The largest absolute Gasteiger partial charge is 0.399 e. The van der Waals surface area contributed by atoms with Crippen LogP contribution in [0.1, 0.15) is 11.8 Å². The summed E-state index contributed by atoms with van der Waals surface area (Å²) in [5.74, 6) is 0. The molecule has 0 spiro atoms. The fourth-order valence-electron chi connectivity index (χ4n) is 1.32. The second-order valence-corrected chi connectivity index (χ2v) is 4.99. The second-order valence-electron chi connectivity index (χ2n) is 3.24. The van der Waals surface area contributed by atoms with Crippen LogP contribution in [0.2, 0.25) is 0 Å². The second kappa shape index (κ2) is 5.37. The van der Waals surface area contributed by atoms with Crippen LogP contribution in [0.3, 0.4) is 0 Å². The van der Waals surface area contributed by atoms with Crippen molar-refractivity contribution in [2.24, 2.45) is 5.16 Å². The summed E-state index contributed by atoms with van der Waals surface area (Å²) in [5, 5.41) is 4.81. The third-order valence-corrected chi connectivity index (χ3v) is 4.10. The van der Waals surface area contributed by atoms with E-state index in [2.05, 4.69) is 31.1 Å². The normalized spacial score (nSPS) is 11.6. The Morgan fingerprint density at radius 1 is 1.53 bits per heavy atom. The monoisotopic (exact) mass is 311 g/mol. The summed E-state index contributed by atoms with van der Waals surface area (Å²) in [5.41, 5.74) is 1.79. The fraction of sp³-hybridized carbons (Fsp3) is 0.182. The minimum atomic E-state index is 0.777. The number of nitrogens with zero attached hydrogens (tertiary/aromatic N) is 3. The molecule has 6 heteroatoms. The molecular formula is C11H10BrN3OS. The third kappa shape index (κ3) is 2.70. The molecule has 0 saturated carbocycles. The Morgan fingerprint density at radius 3 is 3.00 bits per heavy atom. The zero-order valence-corrected chi connectivity index (χ0v) is 11.7. The van der Waals surface area contributed by atoms with Crippen molar-refractivity contribution in [2.75, 3.05) is 7.11 Å². The van der Waals surface area contributed by atoms with Crippen molar-refractivity contribution in [2.45, 2.75) is 6.92 Å². The molecule has 88 valence electrons. The van der Waals surface area contributed by atoms with Crippen LogP contribution in [-0.4, -0.2) is 22.8 Å². The molecule has 0 bridgehead atoms. The molecule has 0 saturated heterocycles. The summed E-state index contributed by atoms with van der Waals surface area (Å²) >= 11 is 4.98. The average Bonchev–Trinajstić information content (AvgIpc) is 2.73. The summed E-state index contributed by atoms with van der Waals surface area (Å²) in [7, 11) is 1.53.